The molecular weight excluding hydrogens is 374 g/mol. The van der Waals surface area contributed by atoms with Crippen LogP contribution in [0, 0.1) is 0 Å². The van der Waals surface area contributed by atoms with Crippen LogP contribution in [0.25, 0.3) is 16.3 Å². The van der Waals surface area contributed by atoms with Crippen LogP contribution in [0.2, 0.25) is 0 Å². The first-order valence-corrected chi connectivity index (χ1v) is 9.74. The molecule has 7 heteroatoms. The van der Waals surface area contributed by atoms with Gasteiger partial charge in [0.05, 0.1) is 16.8 Å². The average molecular weight is 395 g/mol. The Morgan fingerprint density at radius 3 is 2.75 bits per heavy atom. The number of thiazole rings is 1. The van der Waals surface area contributed by atoms with Crippen molar-refractivity contribution in [3.8, 4) is 5.75 Å². The van der Waals surface area contributed by atoms with Gasteiger partial charge >= 0.3 is 0 Å². The monoisotopic (exact) mass is 395 g/mol. The van der Waals surface area contributed by atoms with Crippen molar-refractivity contribution in [1.29, 1.82) is 0 Å². The smallest absolute Gasteiger partial charge is 0.248 e. The van der Waals surface area contributed by atoms with E-state index in [-0.39, 0.29) is 11.8 Å². The molecule has 6 nitrogen and oxygen atoms in total. The zero-order valence-electron chi connectivity index (χ0n) is 15.6. The molecule has 3 aromatic rings. The molecule has 0 aliphatic carbocycles. The van der Waals surface area contributed by atoms with Crippen molar-refractivity contribution in [3.63, 3.8) is 0 Å². The van der Waals surface area contributed by atoms with E-state index in [0.29, 0.717) is 11.7 Å². The first-order valence-electron chi connectivity index (χ1n) is 8.93. The maximum Gasteiger partial charge on any atom is 0.248 e. The van der Waals surface area contributed by atoms with E-state index in [9.17, 15) is 9.59 Å². The number of nitrogens with zero attached hydrogens (tertiary/aromatic N) is 1. The summed E-state index contributed by atoms with van der Waals surface area (Å²) in [7, 11) is 0. The summed E-state index contributed by atoms with van der Waals surface area (Å²) in [5.74, 6) is 0.102. The molecule has 0 aliphatic rings. The molecule has 0 bridgehead atoms. The molecule has 1 heterocycles. The summed E-state index contributed by atoms with van der Waals surface area (Å²) in [5, 5.41) is 5.88. The zero-order valence-corrected chi connectivity index (χ0v) is 16.5. The molecule has 0 fully saturated rings. The van der Waals surface area contributed by atoms with Gasteiger partial charge in [-0.1, -0.05) is 41.7 Å². The predicted octanol–water partition coefficient (Wildman–Crippen LogP) is 3.85. The molecule has 3 rings (SSSR count). The minimum atomic E-state index is -0.695. The second-order valence-corrected chi connectivity index (χ2v) is 7.08. The van der Waals surface area contributed by atoms with E-state index in [4.69, 9.17) is 4.74 Å². The Morgan fingerprint density at radius 2 is 2.00 bits per heavy atom. The second-order valence-electron chi connectivity index (χ2n) is 6.05. The van der Waals surface area contributed by atoms with E-state index >= 15 is 0 Å². The molecule has 2 amide bonds. The van der Waals surface area contributed by atoms with Crippen LogP contribution in [0.4, 0.5) is 5.13 Å². The van der Waals surface area contributed by atoms with Gasteiger partial charge in [0.2, 0.25) is 11.8 Å². The van der Waals surface area contributed by atoms with Gasteiger partial charge in [-0.25, -0.2) is 4.98 Å². The minimum Gasteiger partial charge on any atom is -0.494 e. The van der Waals surface area contributed by atoms with Crippen LogP contribution in [0.3, 0.4) is 0 Å². The van der Waals surface area contributed by atoms with Gasteiger partial charge in [-0.2, -0.15) is 0 Å². The van der Waals surface area contributed by atoms with Crippen LogP contribution >= 0.6 is 11.3 Å². The summed E-state index contributed by atoms with van der Waals surface area (Å²) in [4.78, 5) is 28.8. The normalized spacial score (nSPS) is 12.1. The Hall–Kier alpha value is -3.19. The fourth-order valence-electron chi connectivity index (χ4n) is 2.49. The first kappa shape index (κ1) is 19.6. The number of ether oxygens (including phenoxy) is 1. The van der Waals surface area contributed by atoms with Crippen molar-refractivity contribution in [2.75, 3.05) is 11.9 Å². The molecule has 1 atom stereocenters. The highest BCUT2D eigenvalue weighted by atomic mass is 32.1. The lowest BCUT2D eigenvalue weighted by Crippen LogP contribution is -2.40. The summed E-state index contributed by atoms with van der Waals surface area (Å²) in [6.07, 6.45) is 3.11. The summed E-state index contributed by atoms with van der Waals surface area (Å²) in [6.45, 7) is 4.14. The standard InChI is InChI=1S/C21H21N3O3S/c1-3-27-16-10-11-17-18(13-16)28-21(23-17)24-20(26)14(2)22-19(25)12-9-15-7-5-4-6-8-15/h4-14H,3H2,1-2H3,(H,22,25)(H,23,24,26). The van der Waals surface area contributed by atoms with E-state index in [2.05, 4.69) is 15.6 Å². The molecule has 0 aliphatic heterocycles. The number of hydrogen-bond donors (Lipinski definition) is 2. The van der Waals surface area contributed by atoms with Gasteiger partial charge < -0.3 is 15.4 Å². The summed E-state index contributed by atoms with van der Waals surface area (Å²) < 4.78 is 6.40. The number of carbonyl (C=O) groups is 2. The van der Waals surface area contributed by atoms with Crippen molar-refractivity contribution in [3.05, 3.63) is 60.2 Å². The Labute approximate surface area is 167 Å². The number of nitrogens with one attached hydrogen (secondary N) is 2. The van der Waals surface area contributed by atoms with Gasteiger partial charge in [-0.05, 0) is 43.7 Å². The Bertz CT molecular complexity index is 999. The van der Waals surface area contributed by atoms with E-state index in [0.717, 1.165) is 21.5 Å². The van der Waals surface area contributed by atoms with Gasteiger partial charge in [0.1, 0.15) is 11.8 Å². The summed E-state index contributed by atoms with van der Waals surface area (Å²) >= 11 is 1.36. The quantitative estimate of drug-likeness (QED) is 0.596. The van der Waals surface area contributed by atoms with Crippen molar-refractivity contribution in [2.24, 2.45) is 0 Å². The number of amides is 2. The van der Waals surface area contributed by atoms with E-state index in [1.807, 2.05) is 55.5 Å². The van der Waals surface area contributed by atoms with Crippen LogP contribution in [0.5, 0.6) is 5.75 Å². The van der Waals surface area contributed by atoms with Crippen molar-refractivity contribution >= 4 is 44.6 Å². The number of benzene rings is 2. The summed E-state index contributed by atoms with van der Waals surface area (Å²) in [6, 6.07) is 14.4. The number of hydrogen-bond acceptors (Lipinski definition) is 5. The number of rotatable bonds is 7. The van der Waals surface area contributed by atoms with Crippen LogP contribution in [0.15, 0.2) is 54.6 Å². The highest BCUT2D eigenvalue weighted by molar-refractivity contribution is 7.22. The highest BCUT2D eigenvalue weighted by Crippen LogP contribution is 2.29. The van der Waals surface area contributed by atoms with Gasteiger partial charge in [-0.3, -0.25) is 9.59 Å². The van der Waals surface area contributed by atoms with E-state index in [1.165, 1.54) is 17.4 Å². The first-order chi connectivity index (χ1) is 13.5. The number of anilines is 1. The average Bonchev–Trinajstić information content (AvgIpc) is 3.09. The second kappa shape index (κ2) is 9.14. The van der Waals surface area contributed by atoms with Crippen LogP contribution < -0.4 is 15.4 Å². The van der Waals surface area contributed by atoms with Crippen LogP contribution in [-0.4, -0.2) is 29.4 Å². The van der Waals surface area contributed by atoms with Gasteiger partial charge in [-0.15, -0.1) is 0 Å². The molecule has 1 aromatic heterocycles. The molecular formula is C21H21N3O3S. The van der Waals surface area contributed by atoms with Crippen LogP contribution in [-0.2, 0) is 9.59 Å². The SMILES string of the molecule is CCOc1ccc2nc(NC(=O)C(C)NC(=O)C=Cc3ccccc3)sc2c1. The van der Waals surface area contributed by atoms with Crippen LogP contribution in [0.1, 0.15) is 19.4 Å². The lowest BCUT2D eigenvalue weighted by molar-refractivity contribution is -0.123. The molecule has 2 N–H and O–H groups in total. The predicted molar refractivity (Wildman–Crippen MR) is 112 cm³/mol. The zero-order chi connectivity index (χ0) is 19.9. The van der Waals surface area contributed by atoms with Gasteiger partial charge in [0.15, 0.2) is 5.13 Å². The molecule has 1 unspecified atom stereocenters. The number of fused-ring (bicyclic) bond motifs is 1. The fraction of sp³-hybridized carbons (Fsp3) is 0.190. The highest BCUT2D eigenvalue weighted by Gasteiger charge is 2.16. The topological polar surface area (TPSA) is 80.3 Å². The lowest BCUT2D eigenvalue weighted by Gasteiger charge is -2.11. The van der Waals surface area contributed by atoms with E-state index in [1.54, 1.807) is 13.0 Å². The number of aromatic nitrogens is 1. The Kier molecular flexibility index (Phi) is 6.39. The fourth-order valence-corrected chi connectivity index (χ4v) is 3.39. The Balaban J connectivity index is 1.58. The number of carbonyl (C=O) groups excluding carboxylic acids is 2. The lowest BCUT2D eigenvalue weighted by atomic mass is 10.2. The molecule has 144 valence electrons. The third-order valence-electron chi connectivity index (χ3n) is 3.88. The molecule has 0 spiro atoms. The van der Waals surface area contributed by atoms with Gasteiger partial charge in [0.25, 0.3) is 0 Å². The maximum absolute atomic E-state index is 12.4. The maximum atomic E-state index is 12.4. The summed E-state index contributed by atoms with van der Waals surface area (Å²) in [5.41, 5.74) is 1.70. The minimum absolute atomic E-state index is 0.328. The van der Waals surface area contributed by atoms with Crippen molar-refractivity contribution in [2.45, 2.75) is 19.9 Å². The Morgan fingerprint density at radius 1 is 1.21 bits per heavy atom. The van der Waals surface area contributed by atoms with Crippen molar-refractivity contribution in [1.82, 2.24) is 10.3 Å². The molecule has 2 aromatic carbocycles. The molecule has 0 saturated carbocycles. The molecule has 0 saturated heterocycles. The van der Waals surface area contributed by atoms with E-state index < -0.39 is 6.04 Å². The molecule has 28 heavy (non-hydrogen) atoms. The largest absolute Gasteiger partial charge is 0.494 e. The van der Waals surface area contributed by atoms with Crippen molar-refractivity contribution < 1.29 is 14.3 Å². The third kappa shape index (κ3) is 5.17. The van der Waals surface area contributed by atoms with Gasteiger partial charge in [0, 0.05) is 6.08 Å². The molecule has 0 radical (unpaired) electrons. The third-order valence-corrected chi connectivity index (χ3v) is 4.81.